The van der Waals surface area contributed by atoms with E-state index < -0.39 is 0 Å². The van der Waals surface area contributed by atoms with Crippen molar-refractivity contribution >= 4 is 5.91 Å². The Balaban J connectivity index is 1.59. The van der Waals surface area contributed by atoms with Crippen molar-refractivity contribution in [3.05, 3.63) is 59.8 Å². The first kappa shape index (κ1) is 16.7. The molecule has 1 aliphatic rings. The summed E-state index contributed by atoms with van der Waals surface area (Å²) >= 11 is 0. The van der Waals surface area contributed by atoms with Gasteiger partial charge in [-0.1, -0.05) is 25.0 Å². The lowest BCUT2D eigenvalue weighted by molar-refractivity contribution is -0.133. The number of halogens is 1. The van der Waals surface area contributed by atoms with Gasteiger partial charge in [0.25, 0.3) is 0 Å². The van der Waals surface area contributed by atoms with Crippen LogP contribution in [0.5, 0.6) is 0 Å². The normalized spacial score (nSPS) is 14.9. The molecule has 0 saturated heterocycles. The average molecular weight is 329 g/mol. The average Bonchev–Trinajstić information content (AvgIpc) is 3.28. The molecule has 4 heteroatoms. The fourth-order valence-electron chi connectivity index (χ4n) is 3.46. The zero-order valence-electron chi connectivity index (χ0n) is 13.9. The molecule has 0 bridgehead atoms. The number of hydrogen-bond acceptors (Lipinski definition) is 2. The van der Waals surface area contributed by atoms with Crippen molar-refractivity contribution in [3.8, 4) is 0 Å². The molecule has 1 heterocycles. The first-order valence-electron chi connectivity index (χ1n) is 8.78. The summed E-state index contributed by atoms with van der Waals surface area (Å²) in [6.07, 6.45) is 8.11. The third kappa shape index (κ3) is 4.47. The maximum Gasteiger partial charge on any atom is 0.223 e. The number of amides is 1. The van der Waals surface area contributed by atoms with E-state index in [9.17, 15) is 9.18 Å². The Hall–Kier alpha value is -2.10. The number of aryl methyl sites for hydroxylation is 1. The molecule has 1 aliphatic carbocycles. The number of furan rings is 1. The second-order valence-corrected chi connectivity index (χ2v) is 6.48. The number of hydrogen-bond donors (Lipinski definition) is 0. The summed E-state index contributed by atoms with van der Waals surface area (Å²) in [5.41, 5.74) is 1.07. The van der Waals surface area contributed by atoms with E-state index in [-0.39, 0.29) is 11.7 Å². The van der Waals surface area contributed by atoms with Crippen molar-refractivity contribution in [1.29, 1.82) is 0 Å². The molecule has 1 saturated carbocycles. The highest BCUT2D eigenvalue weighted by atomic mass is 19.1. The standard InChI is InChI=1S/C20H24FNO2/c21-17-9-7-16(8-10-17)13-14-22(18-4-1-2-5-18)20(23)12-11-19-6-3-15-24-19/h3,6-10,15,18H,1-2,4-5,11-14H2. The highest BCUT2D eigenvalue weighted by Crippen LogP contribution is 2.24. The number of rotatable bonds is 7. The largest absolute Gasteiger partial charge is 0.469 e. The van der Waals surface area contributed by atoms with E-state index in [4.69, 9.17) is 4.42 Å². The maximum absolute atomic E-state index is 13.0. The molecule has 0 unspecified atom stereocenters. The molecular weight excluding hydrogens is 305 g/mol. The van der Waals surface area contributed by atoms with Crippen LogP contribution in [0, 0.1) is 5.82 Å². The smallest absolute Gasteiger partial charge is 0.223 e. The molecule has 3 nitrogen and oxygen atoms in total. The Morgan fingerprint density at radius 3 is 2.54 bits per heavy atom. The Morgan fingerprint density at radius 2 is 1.88 bits per heavy atom. The first-order chi connectivity index (χ1) is 11.7. The van der Waals surface area contributed by atoms with Crippen LogP contribution in [0.1, 0.15) is 43.4 Å². The highest BCUT2D eigenvalue weighted by Gasteiger charge is 2.26. The molecule has 0 spiro atoms. The van der Waals surface area contributed by atoms with Gasteiger partial charge < -0.3 is 9.32 Å². The van der Waals surface area contributed by atoms with Crippen molar-refractivity contribution in [2.45, 2.75) is 51.0 Å². The lowest BCUT2D eigenvalue weighted by Gasteiger charge is -2.29. The van der Waals surface area contributed by atoms with E-state index >= 15 is 0 Å². The minimum absolute atomic E-state index is 0.195. The third-order valence-corrected chi connectivity index (χ3v) is 4.81. The van der Waals surface area contributed by atoms with Crippen LogP contribution in [0.15, 0.2) is 47.1 Å². The van der Waals surface area contributed by atoms with Crippen LogP contribution >= 0.6 is 0 Å². The van der Waals surface area contributed by atoms with Gasteiger partial charge in [0.2, 0.25) is 5.91 Å². The van der Waals surface area contributed by atoms with Crippen LogP contribution in [-0.2, 0) is 17.6 Å². The van der Waals surface area contributed by atoms with Crippen LogP contribution in [0.4, 0.5) is 4.39 Å². The Labute approximate surface area is 142 Å². The number of carbonyl (C=O) groups excluding carboxylic acids is 1. The molecule has 1 aromatic carbocycles. The molecule has 0 N–H and O–H groups in total. The van der Waals surface area contributed by atoms with Crippen molar-refractivity contribution in [1.82, 2.24) is 4.90 Å². The zero-order chi connectivity index (χ0) is 16.8. The molecule has 1 fully saturated rings. The van der Waals surface area contributed by atoms with Gasteiger partial charge in [0.15, 0.2) is 0 Å². The van der Waals surface area contributed by atoms with E-state index in [1.807, 2.05) is 17.0 Å². The third-order valence-electron chi connectivity index (χ3n) is 4.81. The SMILES string of the molecule is O=C(CCc1ccco1)N(CCc1ccc(F)cc1)C1CCCC1. The molecule has 0 radical (unpaired) electrons. The lowest BCUT2D eigenvalue weighted by Crippen LogP contribution is -2.40. The summed E-state index contributed by atoms with van der Waals surface area (Å²) < 4.78 is 18.3. The topological polar surface area (TPSA) is 33.5 Å². The van der Waals surface area contributed by atoms with Crippen LogP contribution in [0.3, 0.4) is 0 Å². The monoisotopic (exact) mass is 329 g/mol. The van der Waals surface area contributed by atoms with Crippen molar-refractivity contribution < 1.29 is 13.6 Å². The van der Waals surface area contributed by atoms with Crippen LogP contribution in [0.25, 0.3) is 0 Å². The summed E-state index contributed by atoms with van der Waals surface area (Å²) in [4.78, 5) is 14.8. The Kier molecular flexibility index (Phi) is 5.68. The van der Waals surface area contributed by atoms with Gasteiger partial charge in [0, 0.05) is 25.4 Å². The Bertz CT molecular complexity index is 630. The second kappa shape index (κ2) is 8.13. The molecule has 24 heavy (non-hydrogen) atoms. The highest BCUT2D eigenvalue weighted by molar-refractivity contribution is 5.76. The van der Waals surface area contributed by atoms with E-state index in [1.165, 1.54) is 25.0 Å². The maximum atomic E-state index is 13.0. The van der Waals surface area contributed by atoms with Gasteiger partial charge in [-0.3, -0.25) is 4.79 Å². The first-order valence-corrected chi connectivity index (χ1v) is 8.78. The minimum Gasteiger partial charge on any atom is -0.469 e. The zero-order valence-corrected chi connectivity index (χ0v) is 13.9. The molecule has 0 aliphatic heterocycles. The van der Waals surface area contributed by atoms with Crippen LogP contribution in [0.2, 0.25) is 0 Å². The van der Waals surface area contributed by atoms with Gasteiger partial charge in [-0.2, -0.15) is 0 Å². The molecule has 3 rings (SSSR count). The molecule has 2 aromatic rings. The predicted molar refractivity (Wildman–Crippen MR) is 91.1 cm³/mol. The summed E-state index contributed by atoms with van der Waals surface area (Å²) in [6, 6.07) is 10.7. The molecule has 0 atom stereocenters. The van der Waals surface area contributed by atoms with E-state index in [0.29, 0.717) is 25.4 Å². The van der Waals surface area contributed by atoms with Crippen LogP contribution in [-0.4, -0.2) is 23.4 Å². The summed E-state index contributed by atoms with van der Waals surface area (Å²) in [5, 5.41) is 0. The lowest BCUT2D eigenvalue weighted by atomic mass is 10.1. The summed E-state index contributed by atoms with van der Waals surface area (Å²) in [6.45, 7) is 0.702. The van der Waals surface area contributed by atoms with Gasteiger partial charge in [-0.25, -0.2) is 4.39 Å². The van der Waals surface area contributed by atoms with Gasteiger partial charge in [-0.15, -0.1) is 0 Å². The fraction of sp³-hybridized carbons (Fsp3) is 0.450. The van der Waals surface area contributed by atoms with Gasteiger partial charge >= 0.3 is 0 Å². The van der Waals surface area contributed by atoms with E-state index in [2.05, 4.69) is 0 Å². The van der Waals surface area contributed by atoms with E-state index in [0.717, 1.165) is 30.6 Å². The number of nitrogens with zero attached hydrogens (tertiary/aromatic N) is 1. The molecule has 128 valence electrons. The summed E-state index contributed by atoms with van der Waals surface area (Å²) in [7, 11) is 0. The molecule has 1 aromatic heterocycles. The number of benzene rings is 1. The van der Waals surface area contributed by atoms with Gasteiger partial charge in [0.1, 0.15) is 11.6 Å². The number of carbonyl (C=O) groups is 1. The predicted octanol–water partition coefficient (Wildman–Crippen LogP) is 4.37. The molecule has 1 amide bonds. The second-order valence-electron chi connectivity index (χ2n) is 6.48. The van der Waals surface area contributed by atoms with E-state index in [1.54, 1.807) is 18.4 Å². The van der Waals surface area contributed by atoms with Crippen LogP contribution < -0.4 is 0 Å². The van der Waals surface area contributed by atoms with Crippen molar-refractivity contribution in [3.63, 3.8) is 0 Å². The van der Waals surface area contributed by atoms with Gasteiger partial charge in [0.05, 0.1) is 6.26 Å². The fourth-order valence-corrected chi connectivity index (χ4v) is 3.46. The minimum atomic E-state index is -0.221. The summed E-state index contributed by atoms with van der Waals surface area (Å²) in [5.74, 6) is 0.828. The quantitative estimate of drug-likeness (QED) is 0.756. The molecular formula is C20H24FNO2. The van der Waals surface area contributed by atoms with Gasteiger partial charge in [-0.05, 0) is 49.1 Å². The van der Waals surface area contributed by atoms with Crippen molar-refractivity contribution in [2.75, 3.05) is 6.54 Å². The Morgan fingerprint density at radius 1 is 1.12 bits per heavy atom. The van der Waals surface area contributed by atoms with Crippen molar-refractivity contribution in [2.24, 2.45) is 0 Å².